The summed E-state index contributed by atoms with van der Waals surface area (Å²) in [5, 5.41) is 9.45. The van der Waals surface area contributed by atoms with Gasteiger partial charge in [-0.1, -0.05) is 6.07 Å². The van der Waals surface area contributed by atoms with Gasteiger partial charge in [0.15, 0.2) is 0 Å². The Bertz CT molecular complexity index is 417. The van der Waals surface area contributed by atoms with Gasteiger partial charge >= 0.3 is 0 Å². The summed E-state index contributed by atoms with van der Waals surface area (Å²) in [4.78, 5) is 13.2. The summed E-state index contributed by atoms with van der Waals surface area (Å²) in [5.74, 6) is 0.700. The molecule has 0 radical (unpaired) electrons. The number of benzene rings is 1. The Morgan fingerprint density at radius 1 is 1.47 bits per heavy atom. The van der Waals surface area contributed by atoms with Crippen molar-refractivity contribution < 1.29 is 14.6 Å². The van der Waals surface area contributed by atoms with Gasteiger partial charge in [0.25, 0.3) is 0 Å². The maximum Gasteiger partial charge on any atom is 0.229 e. The van der Waals surface area contributed by atoms with Gasteiger partial charge in [0.2, 0.25) is 5.91 Å². The predicted octanol–water partition coefficient (Wildman–Crippen LogP) is 1.57. The quantitative estimate of drug-likeness (QED) is 0.865. The monoisotopic (exact) mass is 235 g/mol. The number of β-amino-alcohol motifs (C(OH)–C–C–N with tert-alkyl or cyclic N) is 1. The van der Waals surface area contributed by atoms with E-state index in [4.69, 9.17) is 4.74 Å². The SMILES string of the molecule is CC(C)Oc1cccc(N2CC(O)CC2=O)c1. The van der Waals surface area contributed by atoms with Crippen LogP contribution in [0.1, 0.15) is 20.3 Å². The number of carbonyl (C=O) groups is 1. The van der Waals surface area contributed by atoms with Crippen molar-refractivity contribution in [2.24, 2.45) is 0 Å². The van der Waals surface area contributed by atoms with Crippen LogP contribution < -0.4 is 9.64 Å². The summed E-state index contributed by atoms with van der Waals surface area (Å²) in [6, 6.07) is 7.39. The molecule has 1 aliphatic heterocycles. The van der Waals surface area contributed by atoms with Gasteiger partial charge < -0.3 is 14.7 Å². The number of rotatable bonds is 3. The molecule has 17 heavy (non-hydrogen) atoms. The summed E-state index contributed by atoms with van der Waals surface area (Å²) >= 11 is 0. The third kappa shape index (κ3) is 2.77. The standard InChI is InChI=1S/C13H17NO3/c1-9(2)17-12-5-3-4-10(6-12)14-8-11(15)7-13(14)16/h3-6,9,11,15H,7-8H2,1-2H3. The molecule has 4 nitrogen and oxygen atoms in total. The Balaban J connectivity index is 2.18. The molecular formula is C13H17NO3. The molecule has 1 saturated heterocycles. The summed E-state index contributed by atoms with van der Waals surface area (Å²) < 4.78 is 5.58. The minimum atomic E-state index is -0.558. The molecule has 1 aromatic carbocycles. The lowest BCUT2D eigenvalue weighted by atomic mass is 10.2. The second-order valence-electron chi connectivity index (χ2n) is 4.53. The molecule has 0 aliphatic carbocycles. The van der Waals surface area contributed by atoms with Crippen molar-refractivity contribution in [3.05, 3.63) is 24.3 Å². The maximum atomic E-state index is 11.6. The highest BCUT2D eigenvalue weighted by atomic mass is 16.5. The van der Waals surface area contributed by atoms with Crippen molar-refractivity contribution in [3.8, 4) is 5.75 Å². The van der Waals surface area contributed by atoms with Crippen molar-refractivity contribution in [3.63, 3.8) is 0 Å². The lowest BCUT2D eigenvalue weighted by Crippen LogP contribution is -2.25. The molecule has 92 valence electrons. The molecule has 0 bridgehead atoms. The second-order valence-corrected chi connectivity index (χ2v) is 4.53. The van der Waals surface area contributed by atoms with Crippen LogP contribution in [0.3, 0.4) is 0 Å². The van der Waals surface area contributed by atoms with E-state index in [1.165, 1.54) is 0 Å². The molecule has 1 atom stereocenters. The molecule has 1 aromatic rings. The fraction of sp³-hybridized carbons (Fsp3) is 0.462. The van der Waals surface area contributed by atoms with Crippen LogP contribution >= 0.6 is 0 Å². The number of ether oxygens (including phenoxy) is 1. The predicted molar refractivity (Wildman–Crippen MR) is 65.2 cm³/mol. The molecule has 1 unspecified atom stereocenters. The first kappa shape index (κ1) is 11.9. The van der Waals surface area contributed by atoms with E-state index in [1.807, 2.05) is 38.1 Å². The Morgan fingerprint density at radius 2 is 2.24 bits per heavy atom. The highest BCUT2D eigenvalue weighted by Gasteiger charge is 2.29. The minimum Gasteiger partial charge on any atom is -0.491 e. The Hall–Kier alpha value is -1.55. The van der Waals surface area contributed by atoms with Crippen LogP contribution in [0.4, 0.5) is 5.69 Å². The number of aliphatic hydroxyl groups is 1. The van der Waals surface area contributed by atoms with Gasteiger partial charge in [0.05, 0.1) is 25.2 Å². The first-order valence-corrected chi connectivity index (χ1v) is 5.81. The first-order valence-electron chi connectivity index (χ1n) is 5.81. The Morgan fingerprint density at radius 3 is 2.82 bits per heavy atom. The van der Waals surface area contributed by atoms with E-state index in [9.17, 15) is 9.90 Å². The minimum absolute atomic E-state index is 0.0424. The summed E-state index contributed by atoms with van der Waals surface area (Å²) in [6.07, 6.45) is -0.253. The lowest BCUT2D eigenvalue weighted by Gasteiger charge is -2.17. The third-order valence-electron chi connectivity index (χ3n) is 2.61. The lowest BCUT2D eigenvalue weighted by molar-refractivity contribution is -0.117. The van der Waals surface area contributed by atoms with E-state index in [2.05, 4.69) is 0 Å². The molecular weight excluding hydrogens is 218 g/mol. The molecule has 1 N–H and O–H groups in total. The molecule has 0 spiro atoms. The zero-order chi connectivity index (χ0) is 12.4. The summed E-state index contributed by atoms with van der Waals surface area (Å²) in [7, 11) is 0. The Kier molecular flexibility index (Phi) is 3.33. The number of nitrogens with zero attached hydrogens (tertiary/aromatic N) is 1. The number of hydrogen-bond donors (Lipinski definition) is 1. The second kappa shape index (κ2) is 4.75. The fourth-order valence-corrected chi connectivity index (χ4v) is 1.94. The van der Waals surface area contributed by atoms with Crippen LogP contribution in [0.15, 0.2) is 24.3 Å². The van der Waals surface area contributed by atoms with E-state index in [0.717, 1.165) is 11.4 Å². The summed E-state index contributed by atoms with van der Waals surface area (Å²) in [6.45, 7) is 4.28. The van der Waals surface area contributed by atoms with Gasteiger partial charge in [-0.3, -0.25) is 4.79 Å². The number of carbonyl (C=O) groups excluding carboxylic acids is 1. The van der Waals surface area contributed by atoms with E-state index < -0.39 is 6.10 Å². The molecule has 0 saturated carbocycles. The maximum absolute atomic E-state index is 11.6. The van der Waals surface area contributed by atoms with Crippen LogP contribution in [0.2, 0.25) is 0 Å². The van der Waals surface area contributed by atoms with Crippen LogP contribution in [0.5, 0.6) is 5.75 Å². The van der Waals surface area contributed by atoms with Gasteiger partial charge in [-0.25, -0.2) is 0 Å². The molecule has 1 aliphatic rings. The number of hydrogen-bond acceptors (Lipinski definition) is 3. The molecule has 0 aromatic heterocycles. The average molecular weight is 235 g/mol. The topological polar surface area (TPSA) is 49.8 Å². The molecule has 1 fully saturated rings. The molecule has 2 rings (SSSR count). The van der Waals surface area contributed by atoms with Crippen molar-refractivity contribution in [1.29, 1.82) is 0 Å². The van der Waals surface area contributed by atoms with Crippen molar-refractivity contribution >= 4 is 11.6 Å². The van der Waals surface area contributed by atoms with E-state index in [0.29, 0.717) is 6.54 Å². The molecule has 1 amide bonds. The number of aliphatic hydroxyl groups excluding tert-OH is 1. The van der Waals surface area contributed by atoms with E-state index >= 15 is 0 Å². The van der Waals surface area contributed by atoms with E-state index in [1.54, 1.807) is 4.90 Å². The highest BCUT2D eigenvalue weighted by Crippen LogP contribution is 2.25. The van der Waals surface area contributed by atoms with Crippen molar-refractivity contribution in [2.75, 3.05) is 11.4 Å². The van der Waals surface area contributed by atoms with Crippen molar-refractivity contribution in [1.82, 2.24) is 0 Å². The zero-order valence-corrected chi connectivity index (χ0v) is 10.1. The van der Waals surface area contributed by atoms with Gasteiger partial charge in [0.1, 0.15) is 5.75 Å². The number of amides is 1. The first-order chi connectivity index (χ1) is 8.06. The van der Waals surface area contributed by atoms with Gasteiger partial charge in [-0.05, 0) is 26.0 Å². The van der Waals surface area contributed by atoms with Gasteiger partial charge in [0, 0.05) is 11.8 Å². The van der Waals surface area contributed by atoms with Gasteiger partial charge in [-0.2, -0.15) is 0 Å². The smallest absolute Gasteiger partial charge is 0.229 e. The normalized spacial score (nSPS) is 20.1. The molecule has 4 heteroatoms. The molecule has 1 heterocycles. The van der Waals surface area contributed by atoms with Crippen LogP contribution in [0.25, 0.3) is 0 Å². The van der Waals surface area contributed by atoms with E-state index in [-0.39, 0.29) is 18.4 Å². The van der Waals surface area contributed by atoms with Crippen molar-refractivity contribution in [2.45, 2.75) is 32.5 Å². The fourth-order valence-electron chi connectivity index (χ4n) is 1.94. The van der Waals surface area contributed by atoms with Crippen LogP contribution in [-0.2, 0) is 4.79 Å². The summed E-state index contributed by atoms with van der Waals surface area (Å²) in [5.41, 5.74) is 0.782. The largest absolute Gasteiger partial charge is 0.491 e. The average Bonchev–Trinajstić information content (AvgIpc) is 2.57. The van der Waals surface area contributed by atoms with Crippen LogP contribution in [0, 0.1) is 0 Å². The third-order valence-corrected chi connectivity index (χ3v) is 2.61. The number of anilines is 1. The van der Waals surface area contributed by atoms with Gasteiger partial charge in [-0.15, -0.1) is 0 Å². The van der Waals surface area contributed by atoms with Crippen LogP contribution in [-0.4, -0.2) is 29.8 Å². The Labute approximate surface area is 101 Å². The zero-order valence-electron chi connectivity index (χ0n) is 10.1. The highest BCUT2D eigenvalue weighted by molar-refractivity contribution is 5.96.